The van der Waals surface area contributed by atoms with Gasteiger partial charge in [-0.3, -0.25) is 9.59 Å². The van der Waals surface area contributed by atoms with Crippen molar-refractivity contribution in [3.8, 4) is 0 Å². The average molecular weight is 293 g/mol. The highest BCUT2D eigenvalue weighted by Crippen LogP contribution is 2.06. The van der Waals surface area contributed by atoms with E-state index in [1.165, 1.54) is 13.2 Å². The van der Waals surface area contributed by atoms with E-state index in [0.717, 1.165) is 0 Å². The van der Waals surface area contributed by atoms with E-state index in [1.54, 1.807) is 24.5 Å². The van der Waals surface area contributed by atoms with Crippen molar-refractivity contribution in [3.05, 3.63) is 30.2 Å². The van der Waals surface area contributed by atoms with E-state index in [0.29, 0.717) is 31.1 Å². The molecule has 1 heterocycles. The van der Waals surface area contributed by atoms with Gasteiger partial charge in [0.05, 0.1) is 13.4 Å². The van der Waals surface area contributed by atoms with Gasteiger partial charge in [-0.05, 0) is 36.6 Å². The van der Waals surface area contributed by atoms with Crippen LogP contribution in [0.4, 0.5) is 0 Å². The van der Waals surface area contributed by atoms with Crippen molar-refractivity contribution >= 4 is 17.8 Å². The number of nitrogens with one attached hydrogen (secondary N) is 1. The highest BCUT2D eigenvalue weighted by molar-refractivity contribution is 5.93. The summed E-state index contributed by atoms with van der Waals surface area (Å²) in [6.07, 6.45) is 5.68. The van der Waals surface area contributed by atoms with E-state index in [2.05, 4.69) is 5.32 Å². The highest BCUT2D eigenvalue weighted by atomic mass is 16.5. The predicted molar refractivity (Wildman–Crippen MR) is 80.6 cm³/mol. The molecule has 1 aromatic rings. The minimum absolute atomic E-state index is 0.0212. The molecule has 1 N–H and O–H groups in total. The Morgan fingerprint density at radius 1 is 1.43 bits per heavy atom. The lowest BCUT2D eigenvalue weighted by atomic mass is 10.0. The largest absolute Gasteiger partial charge is 0.468 e. The maximum Gasteiger partial charge on any atom is 0.322 e. The molecule has 5 nitrogen and oxygen atoms in total. The summed E-state index contributed by atoms with van der Waals surface area (Å²) in [7, 11) is 1.37. The predicted octanol–water partition coefficient (Wildman–Crippen LogP) is 2.43. The molecular formula is C16H23NO4. The Labute approximate surface area is 125 Å². The molecule has 0 aliphatic carbocycles. The summed E-state index contributed by atoms with van der Waals surface area (Å²) in [4.78, 5) is 23.3. The quantitative estimate of drug-likeness (QED) is 0.559. The number of methoxy groups -OCH3 is 1. The van der Waals surface area contributed by atoms with Gasteiger partial charge in [-0.1, -0.05) is 13.8 Å². The normalized spacial score (nSPS) is 12.8. The van der Waals surface area contributed by atoms with Crippen LogP contribution in [-0.2, 0) is 14.3 Å². The van der Waals surface area contributed by atoms with Gasteiger partial charge in [-0.2, -0.15) is 0 Å². The summed E-state index contributed by atoms with van der Waals surface area (Å²) in [5.74, 6) is 0.703. The lowest BCUT2D eigenvalue weighted by Crippen LogP contribution is -2.39. The molecule has 0 fully saturated rings. The molecule has 0 bridgehead atoms. The number of ether oxygens (including phenoxy) is 1. The van der Waals surface area contributed by atoms with Gasteiger partial charge in [0.2, 0.25) is 0 Å². The number of carbonyl (C=O) groups excluding carboxylic acids is 2. The van der Waals surface area contributed by atoms with Crippen molar-refractivity contribution in [2.45, 2.75) is 32.7 Å². The number of carbonyl (C=O) groups is 2. The molecule has 116 valence electrons. The number of furan rings is 1. The second-order valence-corrected chi connectivity index (χ2v) is 5.22. The zero-order valence-electron chi connectivity index (χ0n) is 12.8. The van der Waals surface area contributed by atoms with Crippen LogP contribution in [0.25, 0.3) is 6.08 Å². The Kier molecular flexibility index (Phi) is 7.46. The maximum absolute atomic E-state index is 11.7. The molecule has 1 rings (SSSR count). The Balaban J connectivity index is 2.35. The summed E-state index contributed by atoms with van der Waals surface area (Å²) in [6.45, 7) is 4.51. The van der Waals surface area contributed by atoms with Crippen molar-refractivity contribution in [3.63, 3.8) is 0 Å². The van der Waals surface area contributed by atoms with Crippen LogP contribution in [0.15, 0.2) is 28.9 Å². The molecule has 21 heavy (non-hydrogen) atoms. The SMILES string of the molecule is COC(=O)[C@H](CC(C)C)NCCC(=O)C=Cc1ccco1. The van der Waals surface area contributed by atoms with E-state index in [9.17, 15) is 9.59 Å². The molecule has 0 radical (unpaired) electrons. The van der Waals surface area contributed by atoms with Gasteiger partial charge in [0.25, 0.3) is 0 Å². The molecule has 0 saturated carbocycles. The average Bonchev–Trinajstić information content (AvgIpc) is 2.96. The fourth-order valence-electron chi connectivity index (χ4n) is 1.89. The number of allylic oxidation sites excluding steroid dienone is 1. The smallest absolute Gasteiger partial charge is 0.322 e. The standard InChI is InChI=1S/C16H23NO4/c1-12(2)11-15(16(19)20-3)17-9-8-13(18)6-7-14-5-4-10-21-14/h4-7,10,12,15,17H,8-9,11H2,1-3H3/t15-/m0/s1. The molecule has 0 amide bonds. The summed E-state index contributed by atoms with van der Waals surface area (Å²) >= 11 is 0. The Bertz CT molecular complexity index is 463. The second-order valence-electron chi connectivity index (χ2n) is 5.22. The Morgan fingerprint density at radius 3 is 2.76 bits per heavy atom. The van der Waals surface area contributed by atoms with Gasteiger partial charge in [0, 0.05) is 13.0 Å². The fourth-order valence-corrected chi connectivity index (χ4v) is 1.89. The third kappa shape index (κ3) is 6.90. The second kappa shape index (κ2) is 9.13. The molecule has 0 aliphatic rings. The van der Waals surface area contributed by atoms with Crippen LogP contribution in [0.1, 0.15) is 32.4 Å². The van der Waals surface area contributed by atoms with Gasteiger partial charge < -0.3 is 14.5 Å². The molecule has 0 aliphatic heterocycles. The fraction of sp³-hybridized carbons (Fsp3) is 0.500. The van der Waals surface area contributed by atoms with Crippen LogP contribution in [0.3, 0.4) is 0 Å². The highest BCUT2D eigenvalue weighted by Gasteiger charge is 2.19. The van der Waals surface area contributed by atoms with Crippen LogP contribution in [0, 0.1) is 5.92 Å². The first-order valence-corrected chi connectivity index (χ1v) is 7.08. The number of esters is 1. The van der Waals surface area contributed by atoms with E-state index in [4.69, 9.17) is 9.15 Å². The van der Waals surface area contributed by atoms with Crippen molar-refractivity contribution in [2.75, 3.05) is 13.7 Å². The van der Waals surface area contributed by atoms with Gasteiger partial charge in [-0.25, -0.2) is 0 Å². The zero-order chi connectivity index (χ0) is 15.7. The van der Waals surface area contributed by atoms with Crippen LogP contribution >= 0.6 is 0 Å². The summed E-state index contributed by atoms with van der Waals surface area (Å²) in [6, 6.07) is 3.17. The molecule has 0 spiro atoms. The van der Waals surface area contributed by atoms with Crippen LogP contribution < -0.4 is 5.32 Å². The van der Waals surface area contributed by atoms with Gasteiger partial charge in [0.1, 0.15) is 11.8 Å². The third-order valence-electron chi connectivity index (χ3n) is 2.93. The molecule has 1 aromatic heterocycles. The van der Waals surface area contributed by atoms with Gasteiger partial charge in [0.15, 0.2) is 5.78 Å². The molecule has 5 heteroatoms. The van der Waals surface area contributed by atoms with Crippen LogP contribution in [-0.4, -0.2) is 31.4 Å². The topological polar surface area (TPSA) is 68.5 Å². The molecule has 0 aromatic carbocycles. The van der Waals surface area contributed by atoms with Crippen molar-refractivity contribution in [1.29, 1.82) is 0 Å². The van der Waals surface area contributed by atoms with Crippen LogP contribution in [0.5, 0.6) is 0 Å². The first kappa shape index (κ1) is 17.2. The van der Waals surface area contributed by atoms with Crippen molar-refractivity contribution < 1.29 is 18.7 Å². The zero-order valence-corrected chi connectivity index (χ0v) is 12.8. The minimum atomic E-state index is -0.364. The number of hydrogen-bond donors (Lipinski definition) is 1. The molecule has 0 unspecified atom stereocenters. The van der Waals surface area contributed by atoms with Crippen LogP contribution in [0.2, 0.25) is 0 Å². The third-order valence-corrected chi connectivity index (χ3v) is 2.93. The van der Waals surface area contributed by atoms with Crippen molar-refractivity contribution in [1.82, 2.24) is 5.32 Å². The Morgan fingerprint density at radius 2 is 2.19 bits per heavy atom. The summed E-state index contributed by atoms with van der Waals surface area (Å²) in [5, 5.41) is 3.07. The van der Waals surface area contributed by atoms with Gasteiger partial charge >= 0.3 is 5.97 Å². The first-order valence-electron chi connectivity index (χ1n) is 7.08. The molecule has 0 saturated heterocycles. The summed E-state index contributed by atoms with van der Waals surface area (Å²) < 4.78 is 9.85. The lowest BCUT2D eigenvalue weighted by molar-refractivity contribution is -0.143. The monoisotopic (exact) mass is 293 g/mol. The van der Waals surface area contributed by atoms with E-state index < -0.39 is 0 Å². The molecule has 1 atom stereocenters. The van der Waals surface area contributed by atoms with Gasteiger partial charge in [-0.15, -0.1) is 0 Å². The maximum atomic E-state index is 11.7. The summed E-state index contributed by atoms with van der Waals surface area (Å²) in [5.41, 5.74) is 0. The number of rotatable bonds is 9. The lowest BCUT2D eigenvalue weighted by Gasteiger charge is -2.17. The Hall–Kier alpha value is -1.88. The van der Waals surface area contributed by atoms with E-state index >= 15 is 0 Å². The number of ketones is 1. The first-order chi connectivity index (χ1) is 10.0. The van der Waals surface area contributed by atoms with E-state index in [1.807, 2.05) is 13.8 Å². The molecular weight excluding hydrogens is 270 g/mol. The number of hydrogen-bond acceptors (Lipinski definition) is 5. The van der Waals surface area contributed by atoms with Crippen molar-refractivity contribution in [2.24, 2.45) is 5.92 Å². The minimum Gasteiger partial charge on any atom is -0.468 e. The van der Waals surface area contributed by atoms with E-state index in [-0.39, 0.29) is 17.8 Å².